The van der Waals surface area contributed by atoms with Gasteiger partial charge >= 0.3 is 5.69 Å². The first-order valence-corrected chi connectivity index (χ1v) is 10.1. The summed E-state index contributed by atoms with van der Waals surface area (Å²) >= 11 is 0. The van der Waals surface area contributed by atoms with E-state index in [0.29, 0.717) is 48.9 Å². The minimum absolute atomic E-state index is 0.161. The summed E-state index contributed by atoms with van der Waals surface area (Å²) < 4.78 is 27.8. The molecular formula is C21H27FN4O5. The van der Waals surface area contributed by atoms with Crippen molar-refractivity contribution in [1.29, 1.82) is 0 Å². The summed E-state index contributed by atoms with van der Waals surface area (Å²) in [5.41, 5.74) is -0.422. The summed E-state index contributed by atoms with van der Waals surface area (Å²) in [6.45, 7) is 4.47. The van der Waals surface area contributed by atoms with Gasteiger partial charge in [-0.2, -0.15) is 0 Å². The number of fused-ring (bicyclic) bond motifs is 1. The van der Waals surface area contributed by atoms with Gasteiger partial charge in [-0.3, -0.25) is 13.9 Å². The van der Waals surface area contributed by atoms with Gasteiger partial charge in [0.2, 0.25) is 0 Å². The fourth-order valence-electron chi connectivity index (χ4n) is 3.43. The third-order valence-corrected chi connectivity index (χ3v) is 4.92. The molecular weight excluding hydrogens is 407 g/mol. The van der Waals surface area contributed by atoms with Crippen molar-refractivity contribution in [3.8, 4) is 5.75 Å². The molecule has 0 unspecified atom stereocenters. The monoisotopic (exact) mass is 434 g/mol. The second-order valence-corrected chi connectivity index (χ2v) is 7.24. The van der Waals surface area contributed by atoms with Crippen LogP contribution in [0.15, 0.2) is 33.9 Å². The Kier molecular flexibility index (Phi) is 7.24. The van der Waals surface area contributed by atoms with Gasteiger partial charge in [-0.1, -0.05) is 6.92 Å². The van der Waals surface area contributed by atoms with Crippen LogP contribution >= 0.6 is 0 Å². The number of aromatic nitrogens is 4. The quantitative estimate of drug-likeness (QED) is 0.516. The molecule has 2 heterocycles. The maximum Gasteiger partial charge on any atom is 0.332 e. The van der Waals surface area contributed by atoms with Crippen LogP contribution in [0.5, 0.6) is 5.75 Å². The molecule has 0 spiro atoms. The second kappa shape index (κ2) is 9.88. The number of benzene rings is 1. The van der Waals surface area contributed by atoms with Gasteiger partial charge in [0, 0.05) is 20.2 Å². The molecule has 0 amide bonds. The number of halogens is 1. The summed E-state index contributed by atoms with van der Waals surface area (Å²) in [6.07, 6.45) is -0.452. The van der Waals surface area contributed by atoms with Crippen molar-refractivity contribution in [2.75, 3.05) is 20.3 Å². The van der Waals surface area contributed by atoms with Gasteiger partial charge in [0.25, 0.3) is 5.56 Å². The van der Waals surface area contributed by atoms with Gasteiger partial charge in [0.15, 0.2) is 11.2 Å². The Balaban J connectivity index is 1.95. The lowest BCUT2D eigenvalue weighted by atomic mass is 10.3. The van der Waals surface area contributed by atoms with E-state index in [1.165, 1.54) is 28.8 Å². The predicted molar refractivity (Wildman–Crippen MR) is 113 cm³/mol. The van der Waals surface area contributed by atoms with Crippen LogP contribution in [0.4, 0.5) is 4.39 Å². The number of rotatable bonds is 10. The average molecular weight is 434 g/mol. The zero-order chi connectivity index (χ0) is 22.5. The van der Waals surface area contributed by atoms with Gasteiger partial charge < -0.3 is 19.1 Å². The zero-order valence-electron chi connectivity index (χ0n) is 17.9. The molecule has 0 bridgehead atoms. The Hall–Kier alpha value is -2.98. The third-order valence-electron chi connectivity index (χ3n) is 4.92. The Morgan fingerprint density at radius 2 is 1.84 bits per heavy atom. The minimum atomic E-state index is -1.13. The molecule has 0 saturated carbocycles. The highest BCUT2D eigenvalue weighted by molar-refractivity contribution is 5.71. The van der Waals surface area contributed by atoms with Gasteiger partial charge in [-0.25, -0.2) is 14.2 Å². The molecule has 0 aliphatic carbocycles. The highest BCUT2D eigenvalue weighted by Gasteiger charge is 2.21. The summed E-state index contributed by atoms with van der Waals surface area (Å²) in [5.74, 6) is 0.580. The Morgan fingerprint density at radius 3 is 2.48 bits per heavy atom. The van der Waals surface area contributed by atoms with E-state index in [1.54, 1.807) is 18.6 Å². The Morgan fingerprint density at radius 1 is 1.13 bits per heavy atom. The molecule has 1 N–H and O–H groups in total. The second-order valence-electron chi connectivity index (χ2n) is 7.24. The molecule has 1 atom stereocenters. The van der Waals surface area contributed by atoms with Gasteiger partial charge in [0.1, 0.15) is 30.1 Å². The summed E-state index contributed by atoms with van der Waals surface area (Å²) in [5, 5.41) is 10.4. The Labute approximate surface area is 178 Å². The van der Waals surface area contributed by atoms with E-state index in [-0.39, 0.29) is 13.2 Å². The maximum absolute atomic E-state index is 13.2. The van der Waals surface area contributed by atoms with Crippen molar-refractivity contribution in [1.82, 2.24) is 18.7 Å². The number of aliphatic hydroxyl groups excluding tert-OH is 1. The molecule has 2 aromatic heterocycles. The van der Waals surface area contributed by atoms with Crippen molar-refractivity contribution in [3.63, 3.8) is 0 Å². The first kappa shape index (κ1) is 22.7. The topological polar surface area (TPSA) is 101 Å². The van der Waals surface area contributed by atoms with Crippen LogP contribution < -0.4 is 16.0 Å². The van der Waals surface area contributed by atoms with Crippen molar-refractivity contribution >= 4 is 11.2 Å². The van der Waals surface area contributed by atoms with E-state index >= 15 is 0 Å². The van der Waals surface area contributed by atoms with E-state index in [4.69, 9.17) is 9.47 Å². The molecule has 1 aromatic carbocycles. The number of methoxy groups -OCH3 is 1. The number of aliphatic hydroxyl groups is 1. The summed E-state index contributed by atoms with van der Waals surface area (Å²) in [7, 11) is 1.57. The smallest absolute Gasteiger partial charge is 0.332 e. The van der Waals surface area contributed by atoms with Crippen LogP contribution in [0.2, 0.25) is 0 Å². The Bertz CT molecular complexity index is 1150. The maximum atomic E-state index is 13.2. The summed E-state index contributed by atoms with van der Waals surface area (Å²) in [4.78, 5) is 30.7. The summed E-state index contributed by atoms with van der Waals surface area (Å²) in [6, 6.07) is 5.36. The van der Waals surface area contributed by atoms with Crippen LogP contribution in [-0.2, 0) is 24.4 Å². The number of hydrogen-bond acceptors (Lipinski definition) is 6. The molecule has 3 aromatic rings. The first-order valence-electron chi connectivity index (χ1n) is 10.1. The predicted octanol–water partition coefficient (Wildman–Crippen LogP) is 1.30. The van der Waals surface area contributed by atoms with E-state index in [1.807, 2.05) is 6.92 Å². The van der Waals surface area contributed by atoms with Gasteiger partial charge in [-0.15, -0.1) is 0 Å². The SMILES string of the molecule is CCCn1c(=O)n(C[C@H](O)COc2ccc(F)cc2)c(=O)c2c1nc(C)n2CCOC. The van der Waals surface area contributed by atoms with Crippen LogP contribution in [0.3, 0.4) is 0 Å². The molecule has 3 rings (SSSR count). The molecule has 0 radical (unpaired) electrons. The van der Waals surface area contributed by atoms with Gasteiger partial charge in [-0.05, 0) is 37.6 Å². The van der Waals surface area contributed by atoms with E-state index in [2.05, 4.69) is 4.98 Å². The average Bonchev–Trinajstić information content (AvgIpc) is 3.08. The van der Waals surface area contributed by atoms with Crippen molar-refractivity contribution < 1.29 is 19.0 Å². The number of nitrogens with zero attached hydrogens (tertiary/aromatic N) is 4. The standard InChI is InChI=1S/C21H27FN4O5/c1-4-9-25-19-18(24(10-11-30-3)14(2)23-19)20(28)26(21(25)29)12-16(27)13-31-17-7-5-15(22)6-8-17/h5-8,16,27H,4,9-13H2,1-3H3/t16-/m0/s1. The van der Waals surface area contributed by atoms with Crippen molar-refractivity contribution in [2.45, 2.75) is 46.0 Å². The lowest BCUT2D eigenvalue weighted by Crippen LogP contribution is -2.44. The lowest BCUT2D eigenvalue weighted by Gasteiger charge is -2.16. The first-order chi connectivity index (χ1) is 14.9. The molecule has 10 heteroatoms. The fourth-order valence-corrected chi connectivity index (χ4v) is 3.43. The van der Waals surface area contributed by atoms with Crippen molar-refractivity contribution in [3.05, 3.63) is 56.7 Å². The number of aryl methyl sites for hydroxylation is 2. The normalized spacial score (nSPS) is 12.4. The lowest BCUT2D eigenvalue weighted by molar-refractivity contribution is 0.0901. The molecule has 0 aliphatic rings. The molecule has 31 heavy (non-hydrogen) atoms. The van der Waals surface area contributed by atoms with E-state index < -0.39 is 23.2 Å². The number of ether oxygens (including phenoxy) is 2. The van der Waals surface area contributed by atoms with Gasteiger partial charge in [0.05, 0.1) is 13.2 Å². The number of imidazole rings is 1. The van der Waals surface area contributed by atoms with Crippen molar-refractivity contribution in [2.24, 2.45) is 0 Å². The van der Waals surface area contributed by atoms with Crippen LogP contribution in [-0.4, -0.2) is 50.2 Å². The molecule has 168 valence electrons. The fraction of sp³-hybridized carbons (Fsp3) is 0.476. The molecule has 0 fully saturated rings. The molecule has 9 nitrogen and oxygen atoms in total. The van der Waals surface area contributed by atoms with Crippen LogP contribution in [0, 0.1) is 12.7 Å². The van der Waals surface area contributed by atoms with Crippen LogP contribution in [0.1, 0.15) is 19.2 Å². The number of hydrogen-bond donors (Lipinski definition) is 1. The van der Waals surface area contributed by atoms with E-state index in [9.17, 15) is 19.1 Å². The van der Waals surface area contributed by atoms with Crippen LogP contribution in [0.25, 0.3) is 11.2 Å². The highest BCUT2D eigenvalue weighted by Crippen LogP contribution is 2.13. The third kappa shape index (κ3) is 4.86. The largest absolute Gasteiger partial charge is 0.491 e. The zero-order valence-corrected chi connectivity index (χ0v) is 17.9. The minimum Gasteiger partial charge on any atom is -0.491 e. The van der Waals surface area contributed by atoms with E-state index in [0.717, 1.165) is 4.57 Å². The molecule has 0 saturated heterocycles. The molecule has 0 aliphatic heterocycles. The highest BCUT2D eigenvalue weighted by atomic mass is 19.1.